The molecule has 1 aliphatic rings. The van der Waals surface area contributed by atoms with Gasteiger partial charge in [-0.3, -0.25) is 14.6 Å². The number of hydrogen-bond donors (Lipinski definition) is 1. The van der Waals surface area contributed by atoms with Gasteiger partial charge in [-0.15, -0.1) is 0 Å². The largest absolute Gasteiger partial charge is 0.492 e. The third kappa shape index (κ3) is 3.96. The van der Waals surface area contributed by atoms with E-state index < -0.39 is 12.0 Å². The van der Waals surface area contributed by atoms with Crippen molar-refractivity contribution in [1.82, 2.24) is 4.98 Å². The molecule has 1 amide bonds. The molecule has 3 aromatic rings. The molecule has 2 heterocycles. The Balaban J connectivity index is 1.71. The summed E-state index contributed by atoms with van der Waals surface area (Å²) >= 11 is 0. The fraction of sp³-hybridized carbons (Fsp3) is 0.174. The first-order valence-electron chi connectivity index (χ1n) is 9.30. The molecule has 1 aromatic heterocycles. The second-order valence-corrected chi connectivity index (χ2v) is 6.89. The van der Waals surface area contributed by atoms with Crippen LogP contribution in [0.4, 0.5) is 0 Å². The molecule has 0 fully saturated rings. The number of hydrogen-bond acceptors (Lipinski definition) is 5. The van der Waals surface area contributed by atoms with Crippen molar-refractivity contribution in [2.24, 2.45) is 5.73 Å². The molecule has 6 nitrogen and oxygen atoms in total. The van der Waals surface area contributed by atoms with Crippen LogP contribution >= 0.6 is 0 Å². The van der Waals surface area contributed by atoms with E-state index in [2.05, 4.69) is 4.98 Å². The highest BCUT2D eigenvalue weighted by atomic mass is 16.5. The van der Waals surface area contributed by atoms with E-state index in [4.69, 9.17) is 15.2 Å². The maximum atomic E-state index is 12.0. The minimum Gasteiger partial charge on any atom is -0.492 e. The lowest BCUT2D eigenvalue weighted by Crippen LogP contribution is -2.16. The second kappa shape index (κ2) is 7.75. The number of rotatable bonds is 5. The molecule has 4 rings (SSSR count). The second-order valence-electron chi connectivity index (χ2n) is 6.89. The topological polar surface area (TPSA) is 91.5 Å². The van der Waals surface area contributed by atoms with Crippen molar-refractivity contribution in [3.05, 3.63) is 88.7 Å². The summed E-state index contributed by atoms with van der Waals surface area (Å²) < 4.78 is 11.9. The number of carbonyl (C=O) groups excluding carboxylic acids is 2. The molecular weight excluding hydrogens is 368 g/mol. The van der Waals surface area contributed by atoms with E-state index in [0.29, 0.717) is 35.7 Å². The summed E-state index contributed by atoms with van der Waals surface area (Å²) in [5, 5.41) is 0. The van der Waals surface area contributed by atoms with Gasteiger partial charge in [0.05, 0.1) is 12.2 Å². The lowest BCUT2D eigenvalue weighted by molar-refractivity contribution is 0.0932. The number of fused-ring (bicyclic) bond motifs is 1. The third-order valence-corrected chi connectivity index (χ3v) is 4.82. The summed E-state index contributed by atoms with van der Waals surface area (Å²) in [6.07, 6.45) is 1.68. The fourth-order valence-corrected chi connectivity index (χ4v) is 3.33. The van der Waals surface area contributed by atoms with Crippen LogP contribution in [0, 0.1) is 6.92 Å². The van der Waals surface area contributed by atoms with Gasteiger partial charge in [-0.2, -0.15) is 0 Å². The molecule has 0 radical (unpaired) electrons. The van der Waals surface area contributed by atoms with Crippen molar-refractivity contribution in [3.8, 4) is 11.5 Å². The Hall–Kier alpha value is -3.67. The Morgan fingerprint density at radius 3 is 2.62 bits per heavy atom. The van der Waals surface area contributed by atoms with Crippen LogP contribution in [-0.2, 0) is 0 Å². The predicted octanol–water partition coefficient (Wildman–Crippen LogP) is 3.62. The van der Waals surface area contributed by atoms with E-state index in [1.807, 2.05) is 31.2 Å². The number of aromatic nitrogens is 1. The SMILES string of the molecule is Cc1cc([C@H](Oc2ccc3c(c2)OCCC3=O)c2ccc(C(N)=O)cc2)ccn1. The molecule has 6 heteroatoms. The van der Waals surface area contributed by atoms with E-state index in [-0.39, 0.29) is 5.78 Å². The quantitative estimate of drug-likeness (QED) is 0.721. The Labute approximate surface area is 168 Å². The molecule has 0 saturated carbocycles. The van der Waals surface area contributed by atoms with Crippen LogP contribution < -0.4 is 15.2 Å². The van der Waals surface area contributed by atoms with Crippen LogP contribution in [0.15, 0.2) is 60.8 Å². The van der Waals surface area contributed by atoms with Gasteiger partial charge in [-0.05, 0) is 48.9 Å². The molecule has 1 aliphatic heterocycles. The molecular formula is C23H20N2O4. The number of ketones is 1. The first-order valence-corrected chi connectivity index (χ1v) is 9.30. The van der Waals surface area contributed by atoms with Crippen molar-refractivity contribution in [1.29, 1.82) is 0 Å². The molecule has 2 N–H and O–H groups in total. The summed E-state index contributed by atoms with van der Waals surface area (Å²) in [4.78, 5) is 27.7. The standard InChI is InChI=1S/C23H20N2O4/c1-14-12-17(8-10-25-14)22(15-2-4-16(5-3-15)23(24)27)29-18-6-7-19-20(26)9-11-28-21(19)13-18/h2-8,10,12-13,22H,9,11H2,1H3,(H2,24,27)/t22-/m1/s1. The summed E-state index contributed by atoms with van der Waals surface area (Å²) in [5.41, 5.74) is 8.99. The van der Waals surface area contributed by atoms with Gasteiger partial charge < -0.3 is 15.2 Å². The summed E-state index contributed by atoms with van der Waals surface area (Å²) in [7, 11) is 0. The van der Waals surface area contributed by atoms with Crippen LogP contribution in [0.5, 0.6) is 11.5 Å². The van der Waals surface area contributed by atoms with E-state index in [1.54, 1.807) is 36.5 Å². The average Bonchev–Trinajstić information content (AvgIpc) is 2.72. The molecule has 0 aliphatic carbocycles. The molecule has 0 unspecified atom stereocenters. The molecule has 0 spiro atoms. The number of aryl methyl sites for hydroxylation is 1. The molecule has 0 saturated heterocycles. The highest BCUT2D eigenvalue weighted by Gasteiger charge is 2.21. The van der Waals surface area contributed by atoms with Crippen LogP contribution in [0.25, 0.3) is 0 Å². The highest BCUT2D eigenvalue weighted by Crippen LogP contribution is 2.34. The minimum atomic E-state index is -0.481. The lowest BCUT2D eigenvalue weighted by atomic mass is 10.00. The van der Waals surface area contributed by atoms with Crippen LogP contribution in [0.2, 0.25) is 0 Å². The number of benzene rings is 2. The van der Waals surface area contributed by atoms with E-state index >= 15 is 0 Å². The molecule has 146 valence electrons. The number of Topliss-reactive ketones (excluding diaryl/α,β-unsaturated/α-hetero) is 1. The summed E-state index contributed by atoms with van der Waals surface area (Å²) in [6.45, 7) is 2.28. The van der Waals surface area contributed by atoms with Crippen molar-refractivity contribution < 1.29 is 19.1 Å². The number of carbonyl (C=O) groups is 2. The zero-order valence-corrected chi connectivity index (χ0v) is 15.9. The Kier molecular flexibility index (Phi) is 4.99. The summed E-state index contributed by atoms with van der Waals surface area (Å²) in [5.74, 6) is 0.704. The first-order chi connectivity index (χ1) is 14.0. The molecule has 2 aromatic carbocycles. The van der Waals surface area contributed by atoms with E-state index in [9.17, 15) is 9.59 Å². The van der Waals surface area contributed by atoms with Gasteiger partial charge in [0, 0.05) is 35.5 Å². The van der Waals surface area contributed by atoms with Gasteiger partial charge >= 0.3 is 0 Å². The first kappa shape index (κ1) is 18.7. The van der Waals surface area contributed by atoms with Gasteiger partial charge in [0.2, 0.25) is 5.91 Å². The van der Waals surface area contributed by atoms with Gasteiger partial charge in [0.15, 0.2) is 5.78 Å². The maximum Gasteiger partial charge on any atom is 0.248 e. The number of nitrogens with zero attached hydrogens (tertiary/aromatic N) is 1. The molecule has 1 atom stereocenters. The predicted molar refractivity (Wildman–Crippen MR) is 107 cm³/mol. The van der Waals surface area contributed by atoms with Crippen molar-refractivity contribution in [2.45, 2.75) is 19.4 Å². The molecule has 29 heavy (non-hydrogen) atoms. The van der Waals surface area contributed by atoms with Crippen LogP contribution in [0.1, 0.15) is 50.1 Å². The smallest absolute Gasteiger partial charge is 0.248 e. The summed E-state index contributed by atoms with van der Waals surface area (Å²) in [6, 6.07) is 16.1. The van der Waals surface area contributed by atoms with Crippen molar-refractivity contribution in [3.63, 3.8) is 0 Å². The van der Waals surface area contributed by atoms with E-state index in [1.165, 1.54) is 0 Å². The van der Waals surface area contributed by atoms with Crippen LogP contribution in [0.3, 0.4) is 0 Å². The number of ether oxygens (including phenoxy) is 2. The van der Waals surface area contributed by atoms with Gasteiger partial charge in [0.25, 0.3) is 0 Å². The van der Waals surface area contributed by atoms with Gasteiger partial charge in [0.1, 0.15) is 17.6 Å². The number of amides is 1. The number of pyridine rings is 1. The number of primary amides is 1. The fourth-order valence-electron chi connectivity index (χ4n) is 3.33. The zero-order chi connectivity index (χ0) is 20.4. The zero-order valence-electron chi connectivity index (χ0n) is 15.9. The average molecular weight is 388 g/mol. The Morgan fingerprint density at radius 1 is 1.10 bits per heavy atom. The third-order valence-electron chi connectivity index (χ3n) is 4.82. The van der Waals surface area contributed by atoms with Gasteiger partial charge in [-0.1, -0.05) is 12.1 Å². The Bertz CT molecular complexity index is 1080. The van der Waals surface area contributed by atoms with Crippen molar-refractivity contribution >= 4 is 11.7 Å². The number of nitrogens with two attached hydrogens (primary N) is 1. The highest BCUT2D eigenvalue weighted by molar-refractivity contribution is 5.99. The minimum absolute atomic E-state index is 0.0705. The normalized spacial score (nSPS) is 13.9. The maximum absolute atomic E-state index is 12.0. The van der Waals surface area contributed by atoms with Gasteiger partial charge in [-0.25, -0.2) is 0 Å². The molecule has 0 bridgehead atoms. The lowest BCUT2D eigenvalue weighted by Gasteiger charge is -2.22. The van der Waals surface area contributed by atoms with Crippen LogP contribution in [-0.4, -0.2) is 23.3 Å². The van der Waals surface area contributed by atoms with Crippen molar-refractivity contribution in [2.75, 3.05) is 6.61 Å². The Morgan fingerprint density at radius 2 is 1.90 bits per heavy atom. The monoisotopic (exact) mass is 388 g/mol. The van der Waals surface area contributed by atoms with E-state index in [0.717, 1.165) is 16.8 Å².